The van der Waals surface area contributed by atoms with E-state index in [0.717, 1.165) is 6.54 Å². The number of aliphatic hydroxyl groups is 1. The molecule has 3 aliphatic heterocycles. The van der Waals surface area contributed by atoms with Gasteiger partial charge in [-0.3, -0.25) is 4.90 Å². The summed E-state index contributed by atoms with van der Waals surface area (Å²) in [4.78, 5) is 2.55. The lowest BCUT2D eigenvalue weighted by Gasteiger charge is -2.28. The molecule has 80 valence electrons. The molecule has 4 unspecified atom stereocenters. The Morgan fingerprint density at radius 2 is 2.21 bits per heavy atom. The third kappa shape index (κ3) is 1.38. The largest absolute Gasteiger partial charge is 0.396 e. The summed E-state index contributed by atoms with van der Waals surface area (Å²) in [6.45, 7) is 2.62. The van der Waals surface area contributed by atoms with E-state index in [1.54, 1.807) is 0 Å². The highest BCUT2D eigenvalue weighted by atomic mass is 16.5. The van der Waals surface area contributed by atoms with Crippen molar-refractivity contribution in [2.24, 2.45) is 5.92 Å². The summed E-state index contributed by atoms with van der Waals surface area (Å²) in [5, 5.41) is 9.10. The van der Waals surface area contributed by atoms with Gasteiger partial charge in [0.25, 0.3) is 0 Å². The average Bonchev–Trinajstić information content (AvgIpc) is 2.93. The van der Waals surface area contributed by atoms with Crippen LogP contribution in [0.2, 0.25) is 0 Å². The predicted molar refractivity (Wildman–Crippen MR) is 53.1 cm³/mol. The Morgan fingerprint density at radius 1 is 1.29 bits per heavy atom. The molecular formula is C11H19NO2. The zero-order valence-electron chi connectivity index (χ0n) is 8.56. The first kappa shape index (κ1) is 9.13. The molecule has 0 radical (unpaired) electrons. The number of aliphatic hydroxyl groups excluding tert-OH is 1. The Balaban J connectivity index is 1.62. The normalized spacial score (nSPS) is 47.8. The van der Waals surface area contributed by atoms with Crippen molar-refractivity contribution < 1.29 is 9.84 Å². The lowest BCUT2D eigenvalue weighted by Crippen LogP contribution is -2.40. The molecule has 2 bridgehead atoms. The van der Waals surface area contributed by atoms with Gasteiger partial charge in [0.15, 0.2) is 0 Å². The molecule has 3 fully saturated rings. The van der Waals surface area contributed by atoms with Crippen LogP contribution in [0.5, 0.6) is 0 Å². The number of hydrogen-bond acceptors (Lipinski definition) is 3. The second kappa shape index (κ2) is 3.47. The van der Waals surface area contributed by atoms with Crippen molar-refractivity contribution in [2.75, 3.05) is 19.7 Å². The van der Waals surface area contributed by atoms with Crippen molar-refractivity contribution >= 4 is 0 Å². The zero-order valence-corrected chi connectivity index (χ0v) is 8.56. The van der Waals surface area contributed by atoms with Crippen LogP contribution in [0.4, 0.5) is 0 Å². The second-order valence-corrected chi connectivity index (χ2v) is 5.01. The first-order chi connectivity index (χ1) is 6.86. The fourth-order valence-corrected chi connectivity index (χ4v) is 3.31. The lowest BCUT2D eigenvalue weighted by atomic mass is 9.94. The molecule has 14 heavy (non-hydrogen) atoms. The molecule has 3 rings (SSSR count). The van der Waals surface area contributed by atoms with Gasteiger partial charge in [0.1, 0.15) is 0 Å². The molecule has 0 spiro atoms. The van der Waals surface area contributed by atoms with Crippen molar-refractivity contribution in [1.29, 1.82) is 0 Å². The van der Waals surface area contributed by atoms with Gasteiger partial charge in [-0.2, -0.15) is 0 Å². The number of fused-ring (bicyclic) bond motifs is 2. The van der Waals surface area contributed by atoms with E-state index in [-0.39, 0.29) is 0 Å². The zero-order chi connectivity index (χ0) is 9.54. The van der Waals surface area contributed by atoms with E-state index in [2.05, 4.69) is 4.90 Å². The van der Waals surface area contributed by atoms with Crippen molar-refractivity contribution in [3.8, 4) is 0 Å². The summed E-state index contributed by atoms with van der Waals surface area (Å²) in [5.41, 5.74) is 0. The van der Waals surface area contributed by atoms with E-state index in [0.29, 0.717) is 30.8 Å². The van der Waals surface area contributed by atoms with Gasteiger partial charge in [0.2, 0.25) is 0 Å². The SMILES string of the molecule is OCC1CCN(C2CC3CCC2O3)C1. The van der Waals surface area contributed by atoms with E-state index in [1.165, 1.54) is 32.2 Å². The Morgan fingerprint density at radius 3 is 2.79 bits per heavy atom. The predicted octanol–water partition coefficient (Wildman–Crippen LogP) is 0.620. The number of nitrogens with zero attached hydrogens (tertiary/aromatic N) is 1. The highest BCUT2D eigenvalue weighted by Gasteiger charge is 2.44. The molecule has 0 amide bonds. The first-order valence-electron chi connectivity index (χ1n) is 5.87. The van der Waals surface area contributed by atoms with Crippen LogP contribution in [0.3, 0.4) is 0 Å². The fourth-order valence-electron chi connectivity index (χ4n) is 3.31. The van der Waals surface area contributed by atoms with Crippen LogP contribution < -0.4 is 0 Å². The maximum absolute atomic E-state index is 9.10. The maximum atomic E-state index is 9.10. The quantitative estimate of drug-likeness (QED) is 0.704. The molecule has 0 aromatic heterocycles. The standard InChI is InChI=1S/C11H19NO2/c13-7-8-3-4-12(6-8)10-5-9-1-2-11(10)14-9/h8-11,13H,1-7H2. The van der Waals surface area contributed by atoms with Crippen LogP contribution in [-0.4, -0.2) is 48.0 Å². The first-order valence-corrected chi connectivity index (χ1v) is 5.87. The maximum Gasteiger partial charge on any atom is 0.0735 e. The summed E-state index contributed by atoms with van der Waals surface area (Å²) >= 11 is 0. The van der Waals surface area contributed by atoms with Crippen molar-refractivity contribution in [3.05, 3.63) is 0 Å². The molecule has 4 atom stereocenters. The van der Waals surface area contributed by atoms with Gasteiger partial charge in [-0.1, -0.05) is 0 Å². The van der Waals surface area contributed by atoms with Crippen molar-refractivity contribution in [3.63, 3.8) is 0 Å². The summed E-state index contributed by atoms with van der Waals surface area (Å²) in [6, 6.07) is 0.672. The molecule has 3 heteroatoms. The van der Waals surface area contributed by atoms with Gasteiger partial charge >= 0.3 is 0 Å². The van der Waals surface area contributed by atoms with Crippen molar-refractivity contribution in [1.82, 2.24) is 4.90 Å². The van der Waals surface area contributed by atoms with Gasteiger partial charge in [-0.15, -0.1) is 0 Å². The van der Waals surface area contributed by atoms with Gasteiger partial charge in [-0.25, -0.2) is 0 Å². The second-order valence-electron chi connectivity index (χ2n) is 5.01. The van der Waals surface area contributed by atoms with E-state index >= 15 is 0 Å². The molecule has 0 saturated carbocycles. The molecule has 0 aromatic rings. The van der Waals surface area contributed by atoms with E-state index in [4.69, 9.17) is 9.84 Å². The Kier molecular flexibility index (Phi) is 2.26. The molecule has 3 heterocycles. The van der Waals surface area contributed by atoms with Gasteiger partial charge in [-0.05, 0) is 38.1 Å². The van der Waals surface area contributed by atoms with Crippen LogP contribution in [-0.2, 0) is 4.74 Å². The minimum absolute atomic E-state index is 0.359. The third-order valence-corrected chi connectivity index (χ3v) is 4.12. The molecule has 3 nitrogen and oxygen atoms in total. The number of rotatable bonds is 2. The molecule has 0 aliphatic carbocycles. The minimum Gasteiger partial charge on any atom is -0.396 e. The Labute approximate surface area is 85.0 Å². The fraction of sp³-hybridized carbons (Fsp3) is 1.00. The van der Waals surface area contributed by atoms with Gasteiger partial charge < -0.3 is 9.84 Å². The van der Waals surface area contributed by atoms with Crippen LogP contribution in [0.1, 0.15) is 25.7 Å². The van der Waals surface area contributed by atoms with Crippen molar-refractivity contribution in [2.45, 2.75) is 43.9 Å². The lowest BCUT2D eigenvalue weighted by molar-refractivity contribution is 0.0748. The molecule has 1 N–H and O–H groups in total. The van der Waals surface area contributed by atoms with Crippen LogP contribution >= 0.6 is 0 Å². The summed E-state index contributed by atoms with van der Waals surface area (Å²) < 4.78 is 5.86. The molecular weight excluding hydrogens is 178 g/mol. The average molecular weight is 197 g/mol. The summed E-state index contributed by atoms with van der Waals surface area (Å²) in [6.07, 6.45) is 6.01. The Bertz CT molecular complexity index is 221. The third-order valence-electron chi connectivity index (χ3n) is 4.12. The molecule has 0 aromatic carbocycles. The highest BCUT2D eigenvalue weighted by molar-refractivity contribution is 4.97. The Hall–Kier alpha value is -0.120. The van der Waals surface area contributed by atoms with Crippen LogP contribution in [0.15, 0.2) is 0 Å². The molecule has 3 aliphatic rings. The number of likely N-dealkylation sites (tertiary alicyclic amines) is 1. The van der Waals surface area contributed by atoms with E-state index < -0.39 is 0 Å². The molecule has 3 saturated heterocycles. The van der Waals surface area contributed by atoms with Gasteiger partial charge in [0, 0.05) is 19.2 Å². The van der Waals surface area contributed by atoms with Crippen LogP contribution in [0.25, 0.3) is 0 Å². The van der Waals surface area contributed by atoms with Crippen LogP contribution in [0, 0.1) is 5.92 Å². The summed E-state index contributed by atoms with van der Waals surface area (Å²) in [7, 11) is 0. The highest BCUT2D eigenvalue weighted by Crippen LogP contribution is 2.38. The smallest absolute Gasteiger partial charge is 0.0735 e. The minimum atomic E-state index is 0.359. The van der Waals surface area contributed by atoms with E-state index in [9.17, 15) is 0 Å². The topological polar surface area (TPSA) is 32.7 Å². The monoisotopic (exact) mass is 197 g/mol. The number of ether oxygens (including phenoxy) is 1. The number of hydrogen-bond donors (Lipinski definition) is 1. The summed E-state index contributed by atoms with van der Waals surface area (Å²) in [5.74, 6) is 0.522. The van der Waals surface area contributed by atoms with E-state index in [1.807, 2.05) is 0 Å². The van der Waals surface area contributed by atoms with Gasteiger partial charge in [0.05, 0.1) is 12.2 Å².